The van der Waals surface area contributed by atoms with Gasteiger partial charge in [-0.1, -0.05) is 24.3 Å². The number of thiazole rings is 1. The molecule has 1 aromatic heterocycles. The molecule has 0 aliphatic heterocycles. The van der Waals surface area contributed by atoms with E-state index in [-0.39, 0.29) is 4.88 Å². The number of aromatic nitrogens is 1. The van der Waals surface area contributed by atoms with Gasteiger partial charge in [-0.25, -0.2) is 4.98 Å². The van der Waals surface area contributed by atoms with Crippen LogP contribution in [0.4, 0.5) is 13.2 Å². The first-order valence-corrected chi connectivity index (χ1v) is 7.07. The second kappa shape index (κ2) is 4.86. The Labute approximate surface area is 117 Å². The first kappa shape index (κ1) is 13.6. The largest absolute Gasteiger partial charge is 0.443 e. The van der Waals surface area contributed by atoms with Crippen LogP contribution in [0, 0.1) is 0 Å². The van der Waals surface area contributed by atoms with E-state index in [2.05, 4.69) is 4.98 Å². The van der Waals surface area contributed by atoms with Gasteiger partial charge in [0.2, 0.25) is 0 Å². The molecule has 2 aromatic rings. The van der Waals surface area contributed by atoms with E-state index in [0.29, 0.717) is 22.8 Å². The fourth-order valence-corrected chi connectivity index (χ4v) is 2.91. The normalized spacial score (nSPS) is 17.2. The van der Waals surface area contributed by atoms with Gasteiger partial charge in [0.25, 0.3) is 0 Å². The topological polar surface area (TPSA) is 33.1 Å². The maximum Gasteiger partial charge on any atom is 0.443 e. The summed E-state index contributed by atoms with van der Waals surface area (Å²) in [7, 11) is 0. The Morgan fingerprint density at radius 3 is 2.65 bits per heavy atom. The van der Waals surface area contributed by atoms with Crippen LogP contribution in [0.15, 0.2) is 30.5 Å². The second-order valence-electron chi connectivity index (χ2n) is 4.91. The highest BCUT2D eigenvalue weighted by Gasteiger charge is 2.35. The Morgan fingerprint density at radius 1 is 1.30 bits per heavy atom. The van der Waals surface area contributed by atoms with Gasteiger partial charge >= 0.3 is 6.18 Å². The van der Waals surface area contributed by atoms with Crippen LogP contribution in [0.25, 0.3) is 0 Å². The number of halogens is 3. The van der Waals surface area contributed by atoms with Crippen molar-refractivity contribution < 1.29 is 18.3 Å². The Bertz CT molecular complexity index is 619. The van der Waals surface area contributed by atoms with Crippen molar-refractivity contribution in [2.75, 3.05) is 0 Å². The van der Waals surface area contributed by atoms with Crippen LogP contribution in [0.5, 0.6) is 0 Å². The number of aliphatic hydroxyl groups is 1. The lowest BCUT2D eigenvalue weighted by atomic mass is 10.0. The third kappa shape index (κ3) is 2.71. The molecule has 0 spiro atoms. The van der Waals surface area contributed by atoms with Gasteiger partial charge < -0.3 is 5.11 Å². The number of hydrogen-bond acceptors (Lipinski definition) is 3. The van der Waals surface area contributed by atoms with Crippen LogP contribution < -0.4 is 0 Å². The van der Waals surface area contributed by atoms with Crippen LogP contribution in [0.3, 0.4) is 0 Å². The van der Waals surface area contributed by atoms with Crippen LogP contribution in [0.2, 0.25) is 0 Å². The predicted octanol–water partition coefficient (Wildman–Crippen LogP) is 4.12. The fourth-order valence-electron chi connectivity index (χ4n) is 2.11. The molecular formula is C14H12F3NOS. The van der Waals surface area contributed by atoms with E-state index >= 15 is 0 Å². The molecule has 1 aliphatic rings. The van der Waals surface area contributed by atoms with Gasteiger partial charge in [-0.2, -0.15) is 13.2 Å². The van der Waals surface area contributed by atoms with Gasteiger partial charge in [-0.3, -0.25) is 0 Å². The van der Waals surface area contributed by atoms with Crippen LogP contribution in [0.1, 0.15) is 45.9 Å². The summed E-state index contributed by atoms with van der Waals surface area (Å²) in [5, 5.41) is 9.27. The van der Waals surface area contributed by atoms with Crippen molar-refractivity contribution in [3.05, 3.63) is 51.5 Å². The van der Waals surface area contributed by atoms with Crippen molar-refractivity contribution in [2.24, 2.45) is 0 Å². The molecule has 1 heterocycles. The fraction of sp³-hybridized carbons (Fsp3) is 0.357. The van der Waals surface area contributed by atoms with Gasteiger partial charge in [0, 0.05) is 6.20 Å². The molecule has 0 radical (unpaired) electrons. The van der Waals surface area contributed by atoms with Gasteiger partial charge in [0.05, 0.1) is 4.88 Å². The SMILES string of the molecule is OC(c1cccc(C2CC2)c1)c1cnc(C(F)(F)F)s1. The molecule has 3 rings (SSSR count). The number of nitrogens with zero attached hydrogens (tertiary/aromatic N) is 1. The van der Waals surface area contributed by atoms with Crippen LogP contribution >= 0.6 is 11.3 Å². The van der Waals surface area contributed by atoms with Crippen molar-refractivity contribution in [1.82, 2.24) is 4.98 Å². The Balaban J connectivity index is 1.86. The maximum atomic E-state index is 12.5. The van der Waals surface area contributed by atoms with E-state index in [0.717, 1.165) is 24.6 Å². The number of benzene rings is 1. The maximum absolute atomic E-state index is 12.5. The molecule has 1 atom stereocenters. The summed E-state index contributed by atoms with van der Waals surface area (Å²) in [5.74, 6) is 0.536. The molecule has 0 amide bonds. The van der Waals surface area contributed by atoms with Gasteiger partial charge in [-0.15, -0.1) is 11.3 Å². The molecule has 1 aromatic carbocycles. The Hall–Kier alpha value is -1.40. The van der Waals surface area contributed by atoms with Crippen molar-refractivity contribution in [3.63, 3.8) is 0 Å². The summed E-state index contributed by atoms with van der Waals surface area (Å²) < 4.78 is 37.5. The summed E-state index contributed by atoms with van der Waals surface area (Å²) in [6.45, 7) is 0. The average Bonchev–Trinajstić information content (AvgIpc) is 3.13. The zero-order valence-electron chi connectivity index (χ0n) is 10.4. The third-order valence-electron chi connectivity index (χ3n) is 3.31. The Morgan fingerprint density at radius 2 is 2.05 bits per heavy atom. The van der Waals surface area contributed by atoms with E-state index in [9.17, 15) is 18.3 Å². The molecule has 0 saturated heterocycles. The smallest absolute Gasteiger partial charge is 0.383 e. The summed E-state index contributed by atoms with van der Waals surface area (Å²) in [5.41, 5.74) is 1.76. The monoisotopic (exact) mass is 299 g/mol. The van der Waals surface area contributed by atoms with Crippen molar-refractivity contribution >= 4 is 11.3 Å². The van der Waals surface area contributed by atoms with Crippen molar-refractivity contribution in [2.45, 2.75) is 31.0 Å². The standard InChI is InChI=1S/C14H12F3NOS/c15-14(16,17)13-18-7-11(20-13)12(19)10-3-1-2-9(6-10)8-4-5-8/h1-3,6-8,12,19H,4-5H2. The van der Waals surface area contributed by atoms with E-state index in [1.165, 1.54) is 0 Å². The van der Waals surface area contributed by atoms with Crippen LogP contribution in [-0.4, -0.2) is 10.1 Å². The highest BCUT2D eigenvalue weighted by Crippen LogP contribution is 2.41. The Kier molecular flexibility index (Phi) is 3.30. The van der Waals surface area contributed by atoms with E-state index in [1.54, 1.807) is 6.07 Å². The first-order chi connectivity index (χ1) is 9.45. The lowest BCUT2D eigenvalue weighted by Gasteiger charge is -2.10. The molecule has 0 bridgehead atoms. The zero-order chi connectivity index (χ0) is 14.3. The molecule has 2 nitrogen and oxygen atoms in total. The number of rotatable bonds is 3. The molecule has 1 fully saturated rings. The molecule has 6 heteroatoms. The molecule has 20 heavy (non-hydrogen) atoms. The summed E-state index contributed by atoms with van der Waals surface area (Å²) in [4.78, 5) is 3.55. The molecule has 1 N–H and O–H groups in total. The van der Waals surface area contributed by atoms with E-state index in [1.807, 2.05) is 18.2 Å². The summed E-state index contributed by atoms with van der Waals surface area (Å²) in [6, 6.07) is 7.42. The summed E-state index contributed by atoms with van der Waals surface area (Å²) >= 11 is 0.487. The predicted molar refractivity (Wildman–Crippen MR) is 69.6 cm³/mol. The lowest BCUT2D eigenvalue weighted by Crippen LogP contribution is -2.03. The van der Waals surface area contributed by atoms with Crippen molar-refractivity contribution in [3.8, 4) is 0 Å². The quantitative estimate of drug-likeness (QED) is 0.924. The summed E-state index contributed by atoms with van der Waals surface area (Å²) in [6.07, 6.45) is -2.14. The van der Waals surface area contributed by atoms with Gasteiger partial charge in [0.15, 0.2) is 5.01 Å². The van der Waals surface area contributed by atoms with E-state index < -0.39 is 17.3 Å². The van der Waals surface area contributed by atoms with Crippen LogP contribution in [-0.2, 0) is 6.18 Å². The lowest BCUT2D eigenvalue weighted by molar-refractivity contribution is -0.137. The number of alkyl halides is 3. The van der Waals surface area contributed by atoms with E-state index in [4.69, 9.17) is 0 Å². The molecular weight excluding hydrogens is 287 g/mol. The highest BCUT2D eigenvalue weighted by atomic mass is 32.1. The molecule has 1 unspecified atom stereocenters. The van der Waals surface area contributed by atoms with Crippen molar-refractivity contribution in [1.29, 1.82) is 0 Å². The number of hydrogen-bond donors (Lipinski definition) is 1. The molecule has 1 saturated carbocycles. The molecule has 106 valence electrons. The third-order valence-corrected chi connectivity index (χ3v) is 4.41. The first-order valence-electron chi connectivity index (χ1n) is 6.26. The zero-order valence-corrected chi connectivity index (χ0v) is 11.2. The van der Waals surface area contributed by atoms with Gasteiger partial charge in [-0.05, 0) is 29.9 Å². The highest BCUT2D eigenvalue weighted by molar-refractivity contribution is 7.11. The number of aliphatic hydroxyl groups excluding tert-OH is 1. The average molecular weight is 299 g/mol. The minimum Gasteiger partial charge on any atom is -0.383 e. The minimum atomic E-state index is -4.46. The second-order valence-corrected chi connectivity index (χ2v) is 5.97. The van der Waals surface area contributed by atoms with Gasteiger partial charge in [0.1, 0.15) is 6.10 Å². The molecule has 1 aliphatic carbocycles. The minimum absolute atomic E-state index is 0.213.